The summed E-state index contributed by atoms with van der Waals surface area (Å²) in [6.45, 7) is 2.94. The second-order valence-electron chi connectivity index (χ2n) is 5.54. The Labute approximate surface area is 102 Å². The number of carbonyl (C=O) groups excluding carboxylic acids is 1. The third-order valence-electron chi connectivity index (χ3n) is 4.53. The lowest BCUT2D eigenvalue weighted by Crippen LogP contribution is -2.31. The zero-order chi connectivity index (χ0) is 11.9. The first-order valence-electron chi connectivity index (χ1n) is 6.57. The molecule has 1 atom stereocenters. The second kappa shape index (κ2) is 3.86. The van der Waals surface area contributed by atoms with E-state index in [9.17, 15) is 4.79 Å². The molecule has 0 radical (unpaired) electrons. The number of nitrogens with one attached hydrogen (secondary N) is 1. The Morgan fingerprint density at radius 1 is 1.29 bits per heavy atom. The molecule has 1 heterocycles. The fourth-order valence-corrected chi connectivity index (χ4v) is 3.63. The Hall–Kier alpha value is -1.31. The smallest absolute Gasteiger partial charge is 0.226 e. The molecule has 1 unspecified atom stereocenters. The molecule has 2 heteroatoms. The molecule has 1 aliphatic heterocycles. The number of benzene rings is 1. The molecule has 90 valence electrons. The van der Waals surface area contributed by atoms with Crippen LogP contribution in [0.3, 0.4) is 0 Å². The number of hydrogen-bond acceptors (Lipinski definition) is 1. The van der Waals surface area contributed by atoms with Gasteiger partial charge in [-0.3, -0.25) is 4.79 Å². The maximum atomic E-state index is 12.2. The highest BCUT2D eigenvalue weighted by atomic mass is 16.2. The molecule has 17 heavy (non-hydrogen) atoms. The zero-order valence-corrected chi connectivity index (χ0v) is 10.3. The number of carbonyl (C=O) groups is 1. The van der Waals surface area contributed by atoms with Crippen molar-refractivity contribution in [1.82, 2.24) is 5.32 Å². The monoisotopic (exact) mass is 229 g/mol. The van der Waals surface area contributed by atoms with Crippen LogP contribution in [-0.4, -0.2) is 12.5 Å². The summed E-state index contributed by atoms with van der Waals surface area (Å²) < 4.78 is 0. The largest absolute Gasteiger partial charge is 0.355 e. The Morgan fingerprint density at radius 3 is 2.76 bits per heavy atom. The van der Waals surface area contributed by atoms with Gasteiger partial charge in [0.2, 0.25) is 5.91 Å². The first-order valence-corrected chi connectivity index (χ1v) is 6.57. The molecule has 1 N–H and O–H groups in total. The van der Waals surface area contributed by atoms with Crippen LogP contribution in [0.1, 0.15) is 42.7 Å². The first-order chi connectivity index (χ1) is 8.22. The van der Waals surface area contributed by atoms with Crippen LogP contribution in [0, 0.1) is 12.3 Å². The van der Waals surface area contributed by atoms with Crippen molar-refractivity contribution in [3.05, 3.63) is 35.4 Å². The molecule has 1 amide bonds. The third kappa shape index (κ3) is 1.58. The Kier molecular flexibility index (Phi) is 2.46. The average Bonchev–Trinajstić information content (AvgIpc) is 2.90. The van der Waals surface area contributed by atoms with Gasteiger partial charge in [-0.2, -0.15) is 0 Å². The summed E-state index contributed by atoms with van der Waals surface area (Å²) >= 11 is 0. The highest BCUT2D eigenvalue weighted by Gasteiger charge is 2.51. The van der Waals surface area contributed by atoms with Crippen LogP contribution in [0.2, 0.25) is 0 Å². The molecule has 1 aromatic carbocycles. The topological polar surface area (TPSA) is 29.1 Å². The van der Waals surface area contributed by atoms with Crippen molar-refractivity contribution in [3.63, 3.8) is 0 Å². The average molecular weight is 229 g/mol. The Morgan fingerprint density at radius 2 is 2.06 bits per heavy atom. The van der Waals surface area contributed by atoms with Gasteiger partial charge in [0.1, 0.15) is 0 Å². The molecule has 1 saturated heterocycles. The predicted octanol–water partition coefficient (Wildman–Crippen LogP) is 2.77. The van der Waals surface area contributed by atoms with Gasteiger partial charge in [0, 0.05) is 12.5 Å². The molecular formula is C15H19NO. The van der Waals surface area contributed by atoms with E-state index in [1.54, 1.807) is 0 Å². The summed E-state index contributed by atoms with van der Waals surface area (Å²) in [5.74, 6) is 0.680. The summed E-state index contributed by atoms with van der Waals surface area (Å²) in [7, 11) is 0. The molecule has 3 rings (SSSR count). The first kappa shape index (κ1) is 10.8. The van der Waals surface area contributed by atoms with Crippen LogP contribution in [0.15, 0.2) is 24.3 Å². The lowest BCUT2D eigenvalue weighted by atomic mass is 9.72. The highest BCUT2D eigenvalue weighted by Crippen LogP contribution is 2.51. The summed E-state index contributed by atoms with van der Waals surface area (Å²) in [4.78, 5) is 12.2. The zero-order valence-electron chi connectivity index (χ0n) is 10.3. The molecule has 1 spiro atoms. The summed E-state index contributed by atoms with van der Waals surface area (Å²) in [6, 6.07) is 8.65. The van der Waals surface area contributed by atoms with Crippen LogP contribution in [0.5, 0.6) is 0 Å². The van der Waals surface area contributed by atoms with Crippen LogP contribution in [-0.2, 0) is 4.79 Å². The third-order valence-corrected chi connectivity index (χ3v) is 4.53. The fraction of sp³-hybridized carbons (Fsp3) is 0.533. The molecule has 1 aromatic rings. The molecule has 2 fully saturated rings. The Bertz CT molecular complexity index is 446. The Balaban J connectivity index is 2.00. The number of aryl methyl sites for hydroxylation is 1. The normalized spacial score (nSPS) is 26.4. The molecule has 0 bridgehead atoms. The number of rotatable bonds is 1. The maximum absolute atomic E-state index is 12.2. The minimum absolute atomic E-state index is 0.0895. The van der Waals surface area contributed by atoms with Crippen molar-refractivity contribution in [2.75, 3.05) is 6.54 Å². The molecule has 2 aliphatic rings. The van der Waals surface area contributed by atoms with E-state index in [1.165, 1.54) is 24.0 Å². The van der Waals surface area contributed by atoms with Gasteiger partial charge in [0.25, 0.3) is 0 Å². The lowest BCUT2D eigenvalue weighted by molar-refractivity contribution is -0.127. The molecular weight excluding hydrogens is 210 g/mol. The van der Waals surface area contributed by atoms with Crippen molar-refractivity contribution in [2.24, 2.45) is 5.41 Å². The minimum Gasteiger partial charge on any atom is -0.355 e. The van der Waals surface area contributed by atoms with Crippen LogP contribution >= 0.6 is 0 Å². The van der Waals surface area contributed by atoms with Gasteiger partial charge in [-0.25, -0.2) is 0 Å². The van der Waals surface area contributed by atoms with Crippen molar-refractivity contribution in [2.45, 2.75) is 38.5 Å². The SMILES string of the molecule is Cc1cccc(C2CNC(=O)C23CCCC3)c1. The summed E-state index contributed by atoms with van der Waals surface area (Å²) in [5.41, 5.74) is 2.54. The maximum Gasteiger partial charge on any atom is 0.226 e. The molecule has 2 nitrogen and oxygen atoms in total. The van der Waals surface area contributed by atoms with Crippen molar-refractivity contribution in [3.8, 4) is 0 Å². The van der Waals surface area contributed by atoms with Gasteiger partial charge in [-0.1, -0.05) is 42.7 Å². The van der Waals surface area contributed by atoms with E-state index in [0.717, 1.165) is 19.4 Å². The van der Waals surface area contributed by atoms with E-state index >= 15 is 0 Å². The van der Waals surface area contributed by atoms with E-state index in [-0.39, 0.29) is 5.41 Å². The lowest BCUT2D eigenvalue weighted by Gasteiger charge is -2.28. The van der Waals surface area contributed by atoms with Crippen LogP contribution in [0.25, 0.3) is 0 Å². The van der Waals surface area contributed by atoms with E-state index in [1.807, 2.05) is 0 Å². The second-order valence-corrected chi connectivity index (χ2v) is 5.54. The molecule has 1 saturated carbocycles. The minimum atomic E-state index is -0.0895. The van der Waals surface area contributed by atoms with E-state index in [4.69, 9.17) is 0 Å². The number of hydrogen-bond donors (Lipinski definition) is 1. The summed E-state index contributed by atoms with van der Waals surface area (Å²) in [6.07, 6.45) is 4.54. The van der Waals surface area contributed by atoms with Gasteiger partial charge in [-0.15, -0.1) is 0 Å². The highest BCUT2D eigenvalue weighted by molar-refractivity contribution is 5.86. The van der Waals surface area contributed by atoms with Crippen molar-refractivity contribution in [1.29, 1.82) is 0 Å². The van der Waals surface area contributed by atoms with E-state index in [0.29, 0.717) is 11.8 Å². The van der Waals surface area contributed by atoms with Crippen molar-refractivity contribution >= 4 is 5.91 Å². The predicted molar refractivity (Wildman–Crippen MR) is 67.8 cm³/mol. The van der Waals surface area contributed by atoms with Crippen LogP contribution < -0.4 is 5.32 Å². The van der Waals surface area contributed by atoms with Gasteiger partial charge in [-0.05, 0) is 25.3 Å². The quantitative estimate of drug-likeness (QED) is 0.788. The van der Waals surface area contributed by atoms with Gasteiger partial charge in [0.15, 0.2) is 0 Å². The van der Waals surface area contributed by atoms with Crippen LogP contribution in [0.4, 0.5) is 0 Å². The van der Waals surface area contributed by atoms with E-state index in [2.05, 4.69) is 36.5 Å². The van der Waals surface area contributed by atoms with E-state index < -0.39 is 0 Å². The molecule has 0 aromatic heterocycles. The van der Waals surface area contributed by atoms with Gasteiger partial charge < -0.3 is 5.32 Å². The summed E-state index contributed by atoms with van der Waals surface area (Å²) in [5, 5.41) is 3.08. The van der Waals surface area contributed by atoms with Gasteiger partial charge >= 0.3 is 0 Å². The fourth-order valence-electron chi connectivity index (χ4n) is 3.63. The van der Waals surface area contributed by atoms with Gasteiger partial charge in [0.05, 0.1) is 5.41 Å². The standard InChI is InChI=1S/C15H19NO/c1-11-5-4-6-12(9-11)13-10-16-14(17)15(13)7-2-3-8-15/h4-6,9,13H,2-3,7-8,10H2,1H3,(H,16,17). The number of amides is 1. The van der Waals surface area contributed by atoms with Crippen molar-refractivity contribution < 1.29 is 4.79 Å². The molecule has 1 aliphatic carbocycles.